The van der Waals surface area contributed by atoms with Crippen molar-refractivity contribution in [2.24, 2.45) is 0 Å². The van der Waals surface area contributed by atoms with Crippen molar-refractivity contribution in [1.82, 2.24) is 19.9 Å². The van der Waals surface area contributed by atoms with E-state index in [4.69, 9.17) is 4.74 Å². The third-order valence-corrected chi connectivity index (χ3v) is 3.94. The van der Waals surface area contributed by atoms with Crippen molar-refractivity contribution >= 4 is 91.9 Å². The smallest absolute Gasteiger partial charge is 0.388 e. The number of anilines is 3. The van der Waals surface area contributed by atoms with E-state index < -0.39 is 6.09 Å². The molecule has 145 valence electrons. The molecule has 2 aromatic carbocycles. The Morgan fingerprint density at radius 1 is 0.967 bits per heavy atom. The number of aromatic amines is 1. The van der Waals surface area contributed by atoms with Crippen LogP contribution in [0.4, 0.5) is 22.1 Å². The standard InChI is InChI=1S/C20H16N6O3.K/c1-13(27)23-19-24-17-16(21-12-22-17)18(25-19)29-20(28)26(14-8-4-2-5-9-14)15-10-6-3-7-11-15;/h2-12H,1H3,(H2,21,22,23,24,25,27);. The van der Waals surface area contributed by atoms with Gasteiger partial charge < -0.3 is 9.72 Å². The average Bonchev–Trinajstić information content (AvgIpc) is 3.18. The van der Waals surface area contributed by atoms with E-state index in [1.54, 1.807) is 24.3 Å². The first-order chi connectivity index (χ1) is 14.1. The second-order valence-electron chi connectivity index (χ2n) is 6.01. The molecule has 0 bridgehead atoms. The summed E-state index contributed by atoms with van der Waals surface area (Å²) >= 11 is 0. The van der Waals surface area contributed by atoms with Gasteiger partial charge in [-0.15, -0.1) is 0 Å². The molecular weight excluding hydrogens is 411 g/mol. The third-order valence-electron chi connectivity index (χ3n) is 3.94. The van der Waals surface area contributed by atoms with Crippen LogP contribution in [0.15, 0.2) is 67.0 Å². The van der Waals surface area contributed by atoms with E-state index in [1.165, 1.54) is 18.2 Å². The number of imidazole rings is 1. The number of ether oxygens (including phenoxy) is 1. The van der Waals surface area contributed by atoms with E-state index in [0.717, 1.165) is 0 Å². The molecule has 4 rings (SSSR count). The zero-order valence-corrected chi connectivity index (χ0v) is 19.5. The van der Waals surface area contributed by atoms with Crippen LogP contribution in [-0.4, -0.2) is 83.3 Å². The number of carbonyl (C=O) groups excluding carboxylic acids is 2. The molecule has 1 radical (unpaired) electrons. The number of nitrogens with zero attached hydrogens (tertiary/aromatic N) is 4. The summed E-state index contributed by atoms with van der Waals surface area (Å²) in [6, 6.07) is 18.2. The second kappa shape index (κ2) is 9.91. The van der Waals surface area contributed by atoms with Gasteiger partial charge >= 0.3 is 6.09 Å². The Labute approximate surface area is 214 Å². The number of nitrogens with one attached hydrogen (secondary N) is 2. The van der Waals surface area contributed by atoms with E-state index in [1.807, 2.05) is 36.4 Å². The fraction of sp³-hybridized carbons (Fsp3) is 0.0500. The van der Waals surface area contributed by atoms with Crippen molar-refractivity contribution in [3.63, 3.8) is 0 Å². The van der Waals surface area contributed by atoms with E-state index in [-0.39, 0.29) is 74.8 Å². The minimum Gasteiger partial charge on any atom is -0.388 e. The molecule has 0 saturated heterocycles. The van der Waals surface area contributed by atoms with Crippen LogP contribution in [0.5, 0.6) is 5.88 Å². The van der Waals surface area contributed by atoms with Crippen LogP contribution >= 0.6 is 0 Å². The van der Waals surface area contributed by atoms with Gasteiger partial charge in [-0.1, -0.05) is 36.4 Å². The van der Waals surface area contributed by atoms with Gasteiger partial charge in [0.1, 0.15) is 5.52 Å². The van der Waals surface area contributed by atoms with Crippen LogP contribution in [-0.2, 0) is 4.79 Å². The maximum absolute atomic E-state index is 13.1. The normalized spacial score (nSPS) is 10.2. The average molecular weight is 427 g/mol. The molecule has 30 heavy (non-hydrogen) atoms. The number of fused-ring (bicyclic) bond motifs is 1. The number of aromatic nitrogens is 4. The number of rotatable bonds is 4. The Morgan fingerprint density at radius 2 is 1.57 bits per heavy atom. The molecule has 2 amide bonds. The summed E-state index contributed by atoms with van der Waals surface area (Å²) in [7, 11) is 0. The van der Waals surface area contributed by atoms with E-state index in [9.17, 15) is 9.59 Å². The fourth-order valence-electron chi connectivity index (χ4n) is 2.74. The number of benzene rings is 2. The zero-order valence-electron chi connectivity index (χ0n) is 16.4. The molecule has 0 fully saturated rings. The number of para-hydroxylation sites is 2. The molecule has 2 aromatic heterocycles. The molecule has 0 aliphatic rings. The molecule has 0 atom stereocenters. The molecule has 2 heterocycles. The summed E-state index contributed by atoms with van der Waals surface area (Å²) in [5, 5.41) is 2.47. The number of H-pyrrole nitrogens is 1. The summed E-state index contributed by atoms with van der Waals surface area (Å²) in [5.74, 6) is -0.406. The van der Waals surface area contributed by atoms with Crippen LogP contribution in [0.2, 0.25) is 0 Å². The van der Waals surface area contributed by atoms with Crippen LogP contribution in [0.3, 0.4) is 0 Å². The van der Waals surface area contributed by atoms with Crippen molar-refractivity contribution < 1.29 is 14.3 Å². The molecular formula is C20H16KN6O3. The molecule has 10 heteroatoms. The Kier molecular flexibility index (Phi) is 7.29. The van der Waals surface area contributed by atoms with Crippen LogP contribution < -0.4 is 15.0 Å². The molecule has 0 aliphatic carbocycles. The Hall–Kier alpha value is -2.63. The number of carbonyl (C=O) groups is 2. The summed E-state index contributed by atoms with van der Waals surface area (Å²) in [5.41, 5.74) is 1.85. The van der Waals surface area contributed by atoms with Gasteiger partial charge in [0.2, 0.25) is 11.9 Å². The van der Waals surface area contributed by atoms with Gasteiger partial charge in [-0.3, -0.25) is 10.1 Å². The SMILES string of the molecule is CC(=O)Nc1nc(OC(=O)N(c2ccccc2)c2ccccc2)c2[nH]cnc2n1.[K]. The van der Waals surface area contributed by atoms with Crippen molar-refractivity contribution in [2.45, 2.75) is 6.92 Å². The molecule has 0 unspecified atom stereocenters. The van der Waals surface area contributed by atoms with E-state index >= 15 is 0 Å². The van der Waals surface area contributed by atoms with Gasteiger partial charge in [0.15, 0.2) is 5.65 Å². The Balaban J connectivity index is 0.00000256. The summed E-state index contributed by atoms with van der Waals surface area (Å²) < 4.78 is 5.59. The number of amides is 2. The van der Waals surface area contributed by atoms with Crippen LogP contribution in [0.25, 0.3) is 11.2 Å². The van der Waals surface area contributed by atoms with E-state index in [0.29, 0.717) is 16.9 Å². The van der Waals surface area contributed by atoms with Gasteiger partial charge in [0.25, 0.3) is 5.88 Å². The summed E-state index contributed by atoms with van der Waals surface area (Å²) in [6.45, 7) is 1.33. The molecule has 4 aromatic rings. The fourth-order valence-corrected chi connectivity index (χ4v) is 2.74. The Morgan fingerprint density at radius 3 is 2.13 bits per heavy atom. The van der Waals surface area contributed by atoms with Gasteiger partial charge in [-0.05, 0) is 24.3 Å². The predicted molar refractivity (Wildman–Crippen MR) is 113 cm³/mol. The van der Waals surface area contributed by atoms with Crippen molar-refractivity contribution in [3.05, 3.63) is 67.0 Å². The third kappa shape index (κ3) is 4.91. The Bertz CT molecular complexity index is 1130. The summed E-state index contributed by atoms with van der Waals surface area (Å²) in [6.07, 6.45) is 0.728. The monoisotopic (exact) mass is 427 g/mol. The maximum Gasteiger partial charge on any atom is 0.425 e. The van der Waals surface area contributed by atoms with Gasteiger partial charge in [-0.25, -0.2) is 14.7 Å². The first-order valence-corrected chi connectivity index (χ1v) is 8.72. The molecule has 0 aliphatic heterocycles. The second-order valence-corrected chi connectivity index (χ2v) is 6.01. The van der Waals surface area contributed by atoms with Gasteiger partial charge in [-0.2, -0.15) is 9.97 Å². The maximum atomic E-state index is 13.1. The molecule has 2 N–H and O–H groups in total. The first-order valence-electron chi connectivity index (χ1n) is 8.72. The van der Waals surface area contributed by atoms with Gasteiger partial charge in [0, 0.05) is 58.3 Å². The minimum absolute atomic E-state index is 0. The first kappa shape index (κ1) is 22.1. The van der Waals surface area contributed by atoms with Crippen LogP contribution in [0, 0.1) is 0 Å². The van der Waals surface area contributed by atoms with Gasteiger partial charge in [0.05, 0.1) is 17.7 Å². The van der Waals surface area contributed by atoms with Crippen molar-refractivity contribution in [3.8, 4) is 5.88 Å². The topological polar surface area (TPSA) is 113 Å². The number of hydrogen-bond donors (Lipinski definition) is 2. The molecule has 0 saturated carbocycles. The quantitative estimate of drug-likeness (QED) is 0.483. The van der Waals surface area contributed by atoms with Crippen molar-refractivity contribution in [2.75, 3.05) is 10.2 Å². The summed E-state index contributed by atoms with van der Waals surface area (Å²) in [4.78, 5) is 41.1. The molecule has 9 nitrogen and oxygen atoms in total. The van der Waals surface area contributed by atoms with Crippen molar-refractivity contribution in [1.29, 1.82) is 0 Å². The minimum atomic E-state index is -0.675. The zero-order chi connectivity index (χ0) is 20.2. The predicted octanol–water partition coefficient (Wildman–Crippen LogP) is 3.27. The largest absolute Gasteiger partial charge is 0.425 e. The van der Waals surface area contributed by atoms with Crippen LogP contribution in [0.1, 0.15) is 6.92 Å². The molecule has 0 spiro atoms. The number of hydrogen-bond acceptors (Lipinski definition) is 6. The van der Waals surface area contributed by atoms with E-state index in [2.05, 4.69) is 25.3 Å².